The molecule has 0 fully saturated rings. The minimum atomic E-state index is 0.136. The van der Waals surface area contributed by atoms with Crippen molar-refractivity contribution < 1.29 is 0 Å². The van der Waals surface area contributed by atoms with E-state index < -0.39 is 0 Å². The second-order valence-electron chi connectivity index (χ2n) is 5.77. The van der Waals surface area contributed by atoms with E-state index in [1.165, 1.54) is 17.5 Å². The van der Waals surface area contributed by atoms with Gasteiger partial charge in [0.15, 0.2) is 0 Å². The Kier molecular flexibility index (Phi) is 6.59. The number of nitrogens with one attached hydrogen (secondary N) is 1. The van der Waals surface area contributed by atoms with Crippen molar-refractivity contribution in [3.8, 4) is 6.07 Å². The minimum absolute atomic E-state index is 0.136. The molecule has 0 atom stereocenters. The highest BCUT2D eigenvalue weighted by atomic mass is 14.9. The standard InChI is InChI=1S/C17H26N2/c1-4-7-15-8-10-16(11-9-15)17(2,3)14-19-13-6-5-12-18/h8-11,19H,4-7,13-14H2,1-3H3. The second-order valence-corrected chi connectivity index (χ2v) is 5.77. The van der Waals surface area contributed by atoms with E-state index in [4.69, 9.17) is 5.26 Å². The molecule has 0 aromatic heterocycles. The zero-order valence-electron chi connectivity index (χ0n) is 12.5. The third-order valence-corrected chi connectivity index (χ3v) is 3.48. The number of unbranched alkanes of at least 4 members (excludes halogenated alkanes) is 1. The summed E-state index contributed by atoms with van der Waals surface area (Å²) in [6.07, 6.45) is 3.93. The van der Waals surface area contributed by atoms with Crippen LogP contribution in [0.1, 0.15) is 51.2 Å². The maximum Gasteiger partial charge on any atom is 0.0622 e. The first-order chi connectivity index (χ1) is 9.10. The highest BCUT2D eigenvalue weighted by molar-refractivity contribution is 5.28. The van der Waals surface area contributed by atoms with Gasteiger partial charge in [-0.05, 0) is 30.5 Å². The molecule has 2 nitrogen and oxygen atoms in total. The summed E-state index contributed by atoms with van der Waals surface area (Å²) in [5.74, 6) is 0. The molecule has 2 heteroatoms. The van der Waals surface area contributed by atoms with Gasteiger partial charge in [-0.2, -0.15) is 5.26 Å². The Hall–Kier alpha value is -1.33. The van der Waals surface area contributed by atoms with Crippen LogP contribution in [0.5, 0.6) is 0 Å². The lowest BCUT2D eigenvalue weighted by Crippen LogP contribution is -2.33. The molecule has 0 saturated heterocycles. The van der Waals surface area contributed by atoms with E-state index in [0.29, 0.717) is 6.42 Å². The van der Waals surface area contributed by atoms with Gasteiger partial charge in [-0.1, -0.05) is 51.5 Å². The molecule has 1 aromatic rings. The number of hydrogen-bond acceptors (Lipinski definition) is 2. The highest BCUT2D eigenvalue weighted by Crippen LogP contribution is 2.23. The van der Waals surface area contributed by atoms with Gasteiger partial charge in [0.05, 0.1) is 6.07 Å². The first kappa shape index (κ1) is 15.7. The lowest BCUT2D eigenvalue weighted by atomic mass is 9.84. The molecule has 0 heterocycles. The Balaban J connectivity index is 2.49. The maximum atomic E-state index is 8.50. The Labute approximate surface area is 117 Å². The summed E-state index contributed by atoms with van der Waals surface area (Å²) < 4.78 is 0. The Bertz CT molecular complexity index is 398. The average molecular weight is 258 g/mol. The normalized spacial score (nSPS) is 11.3. The Morgan fingerprint density at radius 1 is 1.21 bits per heavy atom. The number of nitrogens with zero attached hydrogens (tertiary/aromatic N) is 1. The molecule has 0 spiro atoms. The molecule has 0 bridgehead atoms. The summed E-state index contributed by atoms with van der Waals surface area (Å²) in [6, 6.07) is 11.2. The summed E-state index contributed by atoms with van der Waals surface area (Å²) >= 11 is 0. The third-order valence-electron chi connectivity index (χ3n) is 3.48. The second kappa shape index (κ2) is 7.96. The van der Waals surface area contributed by atoms with Gasteiger partial charge in [0, 0.05) is 18.4 Å². The van der Waals surface area contributed by atoms with E-state index in [1.807, 2.05) is 0 Å². The first-order valence-corrected chi connectivity index (χ1v) is 7.27. The van der Waals surface area contributed by atoms with Crippen molar-refractivity contribution in [3.05, 3.63) is 35.4 Å². The van der Waals surface area contributed by atoms with Crippen LogP contribution in [0.3, 0.4) is 0 Å². The molecule has 104 valence electrons. The van der Waals surface area contributed by atoms with Crippen LogP contribution in [0, 0.1) is 11.3 Å². The number of hydrogen-bond donors (Lipinski definition) is 1. The Morgan fingerprint density at radius 2 is 1.89 bits per heavy atom. The van der Waals surface area contributed by atoms with Crippen molar-refractivity contribution >= 4 is 0 Å². The van der Waals surface area contributed by atoms with E-state index in [-0.39, 0.29) is 5.41 Å². The summed E-state index contributed by atoms with van der Waals surface area (Å²) in [6.45, 7) is 8.61. The summed E-state index contributed by atoms with van der Waals surface area (Å²) in [7, 11) is 0. The van der Waals surface area contributed by atoms with E-state index >= 15 is 0 Å². The Morgan fingerprint density at radius 3 is 2.47 bits per heavy atom. The van der Waals surface area contributed by atoms with Crippen molar-refractivity contribution in [1.29, 1.82) is 5.26 Å². The van der Waals surface area contributed by atoms with Crippen molar-refractivity contribution in [2.75, 3.05) is 13.1 Å². The van der Waals surface area contributed by atoms with Crippen LogP contribution in [0.25, 0.3) is 0 Å². The topological polar surface area (TPSA) is 35.8 Å². The molecule has 19 heavy (non-hydrogen) atoms. The number of aryl methyl sites for hydroxylation is 1. The van der Waals surface area contributed by atoms with Gasteiger partial charge in [0.1, 0.15) is 0 Å². The number of rotatable bonds is 8. The van der Waals surface area contributed by atoms with Crippen LogP contribution in [0.2, 0.25) is 0 Å². The minimum Gasteiger partial charge on any atom is -0.316 e. The van der Waals surface area contributed by atoms with Crippen molar-refractivity contribution in [3.63, 3.8) is 0 Å². The molecule has 0 radical (unpaired) electrons. The van der Waals surface area contributed by atoms with Crippen molar-refractivity contribution in [1.82, 2.24) is 5.32 Å². The van der Waals surface area contributed by atoms with Gasteiger partial charge < -0.3 is 5.32 Å². The monoisotopic (exact) mass is 258 g/mol. The van der Waals surface area contributed by atoms with Gasteiger partial charge in [-0.3, -0.25) is 0 Å². The maximum absolute atomic E-state index is 8.50. The van der Waals surface area contributed by atoms with E-state index in [1.54, 1.807) is 0 Å². The lowest BCUT2D eigenvalue weighted by molar-refractivity contribution is 0.467. The molecule has 0 aliphatic carbocycles. The average Bonchev–Trinajstić information content (AvgIpc) is 2.39. The van der Waals surface area contributed by atoms with Gasteiger partial charge in [0.25, 0.3) is 0 Å². The van der Waals surface area contributed by atoms with E-state index in [9.17, 15) is 0 Å². The van der Waals surface area contributed by atoms with Crippen LogP contribution >= 0.6 is 0 Å². The highest BCUT2D eigenvalue weighted by Gasteiger charge is 2.19. The molecule has 0 amide bonds. The molecule has 0 unspecified atom stereocenters. The van der Waals surface area contributed by atoms with Gasteiger partial charge >= 0.3 is 0 Å². The van der Waals surface area contributed by atoms with Gasteiger partial charge in [-0.15, -0.1) is 0 Å². The lowest BCUT2D eigenvalue weighted by Gasteiger charge is -2.26. The fraction of sp³-hybridized carbons (Fsp3) is 0.588. The van der Waals surface area contributed by atoms with Crippen LogP contribution < -0.4 is 5.32 Å². The zero-order chi connectivity index (χ0) is 14.1. The molecular weight excluding hydrogens is 232 g/mol. The van der Waals surface area contributed by atoms with Crippen LogP contribution in [0.4, 0.5) is 0 Å². The summed E-state index contributed by atoms with van der Waals surface area (Å²) in [5.41, 5.74) is 2.93. The molecule has 1 rings (SSSR count). The fourth-order valence-corrected chi connectivity index (χ4v) is 2.21. The number of nitriles is 1. The number of benzene rings is 1. The molecule has 1 N–H and O–H groups in total. The molecule has 0 saturated carbocycles. The van der Waals surface area contributed by atoms with Crippen molar-refractivity contribution in [2.24, 2.45) is 0 Å². The fourth-order valence-electron chi connectivity index (χ4n) is 2.21. The summed E-state index contributed by atoms with van der Waals surface area (Å²) in [5, 5.41) is 11.9. The third kappa shape index (κ3) is 5.44. The van der Waals surface area contributed by atoms with Crippen molar-refractivity contribution in [2.45, 2.75) is 51.9 Å². The van der Waals surface area contributed by atoms with Crippen LogP contribution in [-0.4, -0.2) is 13.1 Å². The van der Waals surface area contributed by atoms with Crippen LogP contribution in [0.15, 0.2) is 24.3 Å². The van der Waals surface area contributed by atoms with E-state index in [0.717, 1.165) is 25.9 Å². The van der Waals surface area contributed by atoms with Crippen LogP contribution in [-0.2, 0) is 11.8 Å². The smallest absolute Gasteiger partial charge is 0.0622 e. The molecular formula is C17H26N2. The largest absolute Gasteiger partial charge is 0.316 e. The molecule has 1 aromatic carbocycles. The molecule has 0 aliphatic rings. The summed E-state index contributed by atoms with van der Waals surface area (Å²) in [4.78, 5) is 0. The van der Waals surface area contributed by atoms with Gasteiger partial charge in [-0.25, -0.2) is 0 Å². The van der Waals surface area contributed by atoms with Gasteiger partial charge in [0.2, 0.25) is 0 Å². The first-order valence-electron chi connectivity index (χ1n) is 7.27. The quantitative estimate of drug-likeness (QED) is 0.720. The predicted molar refractivity (Wildman–Crippen MR) is 81.2 cm³/mol. The SMILES string of the molecule is CCCc1ccc(C(C)(C)CNCCCC#N)cc1. The molecule has 0 aliphatic heterocycles. The van der Waals surface area contributed by atoms with E-state index in [2.05, 4.69) is 56.4 Å². The zero-order valence-corrected chi connectivity index (χ0v) is 12.5. The predicted octanol–water partition coefficient (Wildman–Crippen LogP) is 3.81.